The second-order valence-electron chi connectivity index (χ2n) is 5.66. The molecule has 22 heavy (non-hydrogen) atoms. The number of halogens is 1. The first-order valence-corrected chi connectivity index (χ1v) is 7.61. The number of urea groups is 1. The molecule has 0 saturated heterocycles. The fourth-order valence-electron chi connectivity index (χ4n) is 2.86. The SMILES string of the molecule is COc1cc(F)cc(CNC(=O)NC2CCCCC2CO)c1. The average molecular weight is 310 g/mol. The highest BCUT2D eigenvalue weighted by molar-refractivity contribution is 5.74. The molecule has 0 aromatic heterocycles. The maximum Gasteiger partial charge on any atom is 0.315 e. The fourth-order valence-corrected chi connectivity index (χ4v) is 2.86. The zero-order valence-corrected chi connectivity index (χ0v) is 12.8. The van der Waals surface area contributed by atoms with E-state index in [1.807, 2.05) is 0 Å². The number of hydrogen-bond donors (Lipinski definition) is 3. The molecule has 2 rings (SSSR count). The van der Waals surface area contributed by atoms with E-state index in [4.69, 9.17) is 4.74 Å². The van der Waals surface area contributed by atoms with Crippen LogP contribution in [0.25, 0.3) is 0 Å². The predicted molar refractivity (Wildman–Crippen MR) is 81.2 cm³/mol. The minimum Gasteiger partial charge on any atom is -0.497 e. The highest BCUT2D eigenvalue weighted by Gasteiger charge is 2.25. The molecule has 6 heteroatoms. The topological polar surface area (TPSA) is 70.6 Å². The van der Waals surface area contributed by atoms with Gasteiger partial charge in [-0.1, -0.05) is 12.8 Å². The minimum absolute atomic E-state index is 0.000737. The summed E-state index contributed by atoms with van der Waals surface area (Å²) in [5, 5.41) is 15.0. The summed E-state index contributed by atoms with van der Waals surface area (Å²) in [5.74, 6) is 0.141. The first-order valence-electron chi connectivity index (χ1n) is 7.61. The Kier molecular flexibility index (Phi) is 6.00. The van der Waals surface area contributed by atoms with E-state index in [0.29, 0.717) is 11.3 Å². The Morgan fingerprint density at radius 3 is 2.86 bits per heavy atom. The van der Waals surface area contributed by atoms with Gasteiger partial charge in [-0.15, -0.1) is 0 Å². The molecule has 2 atom stereocenters. The van der Waals surface area contributed by atoms with Crippen LogP contribution in [0, 0.1) is 11.7 Å². The van der Waals surface area contributed by atoms with Crippen LogP contribution in [0.2, 0.25) is 0 Å². The molecule has 0 radical (unpaired) electrons. The summed E-state index contributed by atoms with van der Waals surface area (Å²) in [6.45, 7) is 0.308. The Morgan fingerprint density at radius 1 is 1.36 bits per heavy atom. The highest BCUT2D eigenvalue weighted by Crippen LogP contribution is 2.23. The van der Waals surface area contributed by atoms with Crippen molar-refractivity contribution in [1.82, 2.24) is 10.6 Å². The molecule has 1 aromatic carbocycles. The Bertz CT molecular complexity index is 510. The largest absolute Gasteiger partial charge is 0.497 e. The molecular formula is C16H23FN2O3. The maximum absolute atomic E-state index is 13.4. The van der Waals surface area contributed by atoms with Crippen LogP contribution in [-0.4, -0.2) is 30.9 Å². The van der Waals surface area contributed by atoms with Crippen LogP contribution in [0.15, 0.2) is 18.2 Å². The van der Waals surface area contributed by atoms with E-state index in [0.717, 1.165) is 25.7 Å². The number of aliphatic hydroxyl groups excluding tert-OH is 1. The van der Waals surface area contributed by atoms with Crippen LogP contribution in [-0.2, 0) is 6.54 Å². The van der Waals surface area contributed by atoms with Gasteiger partial charge in [0.25, 0.3) is 0 Å². The highest BCUT2D eigenvalue weighted by atomic mass is 19.1. The lowest BCUT2D eigenvalue weighted by molar-refractivity contribution is 0.153. The average Bonchev–Trinajstić information content (AvgIpc) is 2.53. The summed E-state index contributed by atoms with van der Waals surface area (Å²) in [7, 11) is 1.47. The van der Waals surface area contributed by atoms with Gasteiger partial charge >= 0.3 is 6.03 Å². The van der Waals surface area contributed by atoms with Crippen LogP contribution in [0.1, 0.15) is 31.2 Å². The summed E-state index contributed by atoms with van der Waals surface area (Å²) in [6.07, 6.45) is 3.96. The van der Waals surface area contributed by atoms with Crippen molar-refractivity contribution in [3.8, 4) is 5.75 Å². The second kappa shape index (κ2) is 7.98. The summed E-state index contributed by atoms with van der Waals surface area (Å²) in [6, 6.07) is 4.03. The third kappa shape index (κ3) is 4.59. The molecule has 5 nitrogen and oxygen atoms in total. The van der Waals surface area contributed by atoms with Gasteiger partial charge in [0.05, 0.1) is 7.11 Å². The van der Waals surface area contributed by atoms with Gasteiger partial charge in [0.1, 0.15) is 11.6 Å². The number of methoxy groups -OCH3 is 1. The van der Waals surface area contributed by atoms with E-state index in [1.165, 1.54) is 19.2 Å². The van der Waals surface area contributed by atoms with Crippen LogP contribution >= 0.6 is 0 Å². The molecule has 1 aliphatic carbocycles. The minimum atomic E-state index is -0.399. The van der Waals surface area contributed by atoms with Gasteiger partial charge < -0.3 is 20.5 Å². The van der Waals surface area contributed by atoms with Crippen molar-refractivity contribution in [3.05, 3.63) is 29.6 Å². The van der Waals surface area contributed by atoms with Crippen LogP contribution in [0.4, 0.5) is 9.18 Å². The third-order valence-corrected chi connectivity index (χ3v) is 4.08. The third-order valence-electron chi connectivity index (χ3n) is 4.08. The lowest BCUT2D eigenvalue weighted by atomic mass is 9.85. The van der Waals surface area contributed by atoms with Crippen molar-refractivity contribution < 1.29 is 19.0 Å². The Balaban J connectivity index is 1.86. The van der Waals surface area contributed by atoms with E-state index in [2.05, 4.69) is 10.6 Å². The summed E-state index contributed by atoms with van der Waals surface area (Å²) >= 11 is 0. The summed E-state index contributed by atoms with van der Waals surface area (Å²) in [4.78, 5) is 12.0. The monoisotopic (exact) mass is 310 g/mol. The number of ether oxygens (including phenoxy) is 1. The molecule has 1 aromatic rings. The second-order valence-corrected chi connectivity index (χ2v) is 5.66. The number of carbonyl (C=O) groups is 1. The molecule has 0 spiro atoms. The number of hydrogen-bond acceptors (Lipinski definition) is 3. The van der Waals surface area contributed by atoms with Gasteiger partial charge in [-0.25, -0.2) is 9.18 Å². The van der Waals surface area contributed by atoms with Gasteiger partial charge in [-0.2, -0.15) is 0 Å². The van der Waals surface area contributed by atoms with Crippen LogP contribution in [0.3, 0.4) is 0 Å². The van der Waals surface area contributed by atoms with E-state index in [-0.39, 0.29) is 31.1 Å². The van der Waals surface area contributed by atoms with Crippen LogP contribution < -0.4 is 15.4 Å². The predicted octanol–water partition coefficient (Wildman–Crippen LogP) is 2.18. The van der Waals surface area contributed by atoms with Gasteiger partial charge in [0, 0.05) is 31.2 Å². The van der Waals surface area contributed by atoms with E-state index in [9.17, 15) is 14.3 Å². The number of rotatable bonds is 5. The number of amides is 2. The summed E-state index contributed by atoms with van der Waals surface area (Å²) in [5.41, 5.74) is 0.634. The number of aliphatic hydroxyl groups is 1. The van der Waals surface area contributed by atoms with Crippen molar-refractivity contribution in [1.29, 1.82) is 0 Å². The van der Waals surface area contributed by atoms with Gasteiger partial charge in [0.2, 0.25) is 0 Å². The van der Waals surface area contributed by atoms with Crippen molar-refractivity contribution in [2.75, 3.05) is 13.7 Å². The molecule has 0 aliphatic heterocycles. The molecule has 1 saturated carbocycles. The Hall–Kier alpha value is -1.82. The zero-order chi connectivity index (χ0) is 15.9. The van der Waals surface area contributed by atoms with E-state index in [1.54, 1.807) is 6.07 Å². The van der Waals surface area contributed by atoms with Crippen molar-refractivity contribution in [3.63, 3.8) is 0 Å². The Labute approximate surface area is 129 Å². The molecule has 2 unspecified atom stereocenters. The first-order chi connectivity index (χ1) is 10.6. The van der Waals surface area contributed by atoms with Crippen molar-refractivity contribution >= 4 is 6.03 Å². The molecule has 2 amide bonds. The molecule has 0 heterocycles. The van der Waals surface area contributed by atoms with Crippen molar-refractivity contribution in [2.24, 2.45) is 5.92 Å². The zero-order valence-electron chi connectivity index (χ0n) is 12.8. The molecule has 122 valence electrons. The smallest absolute Gasteiger partial charge is 0.315 e. The maximum atomic E-state index is 13.4. The molecule has 1 aliphatic rings. The lowest BCUT2D eigenvalue weighted by Crippen LogP contribution is -2.47. The van der Waals surface area contributed by atoms with E-state index < -0.39 is 5.82 Å². The molecule has 3 N–H and O–H groups in total. The van der Waals surface area contributed by atoms with Crippen molar-refractivity contribution in [2.45, 2.75) is 38.3 Å². The first kappa shape index (κ1) is 16.5. The summed E-state index contributed by atoms with van der Waals surface area (Å²) < 4.78 is 18.4. The Morgan fingerprint density at radius 2 is 2.14 bits per heavy atom. The standard InChI is InChI=1S/C16H23FN2O3/c1-22-14-7-11(6-13(17)8-14)9-18-16(21)19-15-5-3-2-4-12(15)10-20/h6-8,12,15,20H,2-5,9-10H2,1H3,(H2,18,19,21). The lowest BCUT2D eigenvalue weighted by Gasteiger charge is -2.30. The normalized spacial score (nSPS) is 21.2. The van der Waals surface area contributed by atoms with Gasteiger partial charge in [-0.05, 0) is 30.5 Å². The quantitative estimate of drug-likeness (QED) is 0.781. The molecular weight excluding hydrogens is 287 g/mol. The van der Waals surface area contributed by atoms with Gasteiger partial charge in [0.15, 0.2) is 0 Å². The molecule has 0 bridgehead atoms. The van der Waals surface area contributed by atoms with E-state index >= 15 is 0 Å². The van der Waals surface area contributed by atoms with Gasteiger partial charge in [-0.3, -0.25) is 0 Å². The molecule has 1 fully saturated rings. The number of nitrogens with one attached hydrogen (secondary N) is 2. The van der Waals surface area contributed by atoms with Crippen LogP contribution in [0.5, 0.6) is 5.75 Å². The number of carbonyl (C=O) groups excluding carboxylic acids is 1. The number of benzene rings is 1. The fraction of sp³-hybridized carbons (Fsp3) is 0.562.